The monoisotopic (exact) mass is 528 g/mol. The third kappa shape index (κ3) is 3.92. The van der Waals surface area contributed by atoms with E-state index in [0.29, 0.717) is 30.7 Å². The van der Waals surface area contributed by atoms with E-state index < -0.39 is 21.1 Å². The second-order valence-electron chi connectivity index (χ2n) is 8.00. The van der Waals surface area contributed by atoms with Crippen molar-refractivity contribution in [2.75, 3.05) is 4.31 Å². The highest BCUT2D eigenvalue weighted by Gasteiger charge is 2.36. The molecule has 6 aromatic rings. The summed E-state index contributed by atoms with van der Waals surface area (Å²) >= 11 is 0.815. The van der Waals surface area contributed by atoms with Crippen LogP contribution < -0.4 is 14.0 Å². The van der Waals surface area contributed by atoms with E-state index in [1.165, 1.54) is 18.3 Å². The quantitative estimate of drug-likeness (QED) is 0.278. The lowest BCUT2D eigenvalue weighted by Gasteiger charge is -2.24. The largest absolute Gasteiger partial charge is 0.434 e. The Bertz CT molecular complexity index is 1980. The van der Waals surface area contributed by atoms with Crippen molar-refractivity contribution in [3.05, 3.63) is 107 Å². The number of ether oxygens (including phenoxy) is 1. The summed E-state index contributed by atoms with van der Waals surface area (Å²) in [4.78, 5) is 29.3. The minimum absolute atomic E-state index is 0.0222. The number of hydrogen-bond acceptors (Lipinski definition) is 8. The fraction of sp³-hybridized carbons (Fsp3) is 0. The number of aromatic nitrogens is 1. The lowest BCUT2D eigenvalue weighted by atomic mass is 10.1. The summed E-state index contributed by atoms with van der Waals surface area (Å²) in [7, 11) is -4.56. The van der Waals surface area contributed by atoms with Gasteiger partial charge in [0.1, 0.15) is 10.6 Å². The second-order valence-corrected chi connectivity index (χ2v) is 10.7. The molecule has 0 aliphatic rings. The van der Waals surface area contributed by atoms with Crippen LogP contribution in [-0.2, 0) is 10.0 Å². The molecule has 0 atom stereocenters. The number of rotatable bonds is 4. The van der Waals surface area contributed by atoms with E-state index in [9.17, 15) is 18.0 Å². The van der Waals surface area contributed by atoms with Crippen LogP contribution in [0.15, 0.2) is 111 Å². The number of hydrogen-bond donors (Lipinski definition) is 0. The molecule has 0 radical (unpaired) electrons. The molecule has 0 saturated carbocycles. The summed E-state index contributed by atoms with van der Waals surface area (Å²) in [5.74, 6) is 0.169. The van der Waals surface area contributed by atoms with Crippen molar-refractivity contribution >= 4 is 65.1 Å². The normalized spacial score (nSPS) is 11.7. The zero-order chi connectivity index (χ0) is 25.6. The van der Waals surface area contributed by atoms with E-state index in [1.54, 1.807) is 78.9 Å². The average molecular weight is 529 g/mol. The van der Waals surface area contributed by atoms with E-state index in [4.69, 9.17) is 9.15 Å². The molecular weight excluding hydrogens is 512 g/mol. The van der Waals surface area contributed by atoms with Gasteiger partial charge in [-0.25, -0.2) is 18.0 Å². The van der Waals surface area contributed by atoms with Gasteiger partial charge in [0, 0.05) is 22.4 Å². The molecule has 1 amide bonds. The first-order valence-electron chi connectivity index (χ1n) is 11.0. The zero-order valence-electron chi connectivity index (χ0n) is 18.9. The molecule has 0 fully saturated rings. The Morgan fingerprint density at radius 1 is 0.892 bits per heavy atom. The topological polar surface area (TPSA) is 107 Å². The van der Waals surface area contributed by atoms with Gasteiger partial charge >= 0.3 is 11.0 Å². The van der Waals surface area contributed by atoms with Crippen LogP contribution in [-0.4, -0.2) is 19.5 Å². The third-order valence-corrected chi connectivity index (χ3v) is 8.25. The van der Waals surface area contributed by atoms with Crippen LogP contribution in [0.3, 0.4) is 0 Å². The van der Waals surface area contributed by atoms with Gasteiger partial charge in [0.25, 0.3) is 10.0 Å². The fourth-order valence-electron chi connectivity index (χ4n) is 4.19. The molecule has 37 heavy (non-hydrogen) atoms. The van der Waals surface area contributed by atoms with Gasteiger partial charge in [0.05, 0.1) is 15.9 Å². The molecule has 8 nitrogen and oxygen atoms in total. The molecule has 10 heteroatoms. The number of carbonyl (C=O) groups is 1. The molecule has 0 aliphatic heterocycles. The van der Waals surface area contributed by atoms with Crippen molar-refractivity contribution in [2.45, 2.75) is 4.90 Å². The van der Waals surface area contributed by atoms with Crippen molar-refractivity contribution in [3.63, 3.8) is 0 Å². The van der Waals surface area contributed by atoms with Crippen molar-refractivity contribution in [1.29, 1.82) is 0 Å². The van der Waals surface area contributed by atoms with E-state index in [1.807, 2.05) is 0 Å². The first kappa shape index (κ1) is 22.9. The Balaban J connectivity index is 1.65. The van der Waals surface area contributed by atoms with Crippen molar-refractivity contribution in [3.8, 4) is 5.75 Å². The van der Waals surface area contributed by atoms with Gasteiger partial charge in [-0.05, 0) is 30.3 Å². The molecule has 0 spiro atoms. The van der Waals surface area contributed by atoms with Gasteiger partial charge in [-0.2, -0.15) is 4.31 Å². The summed E-state index contributed by atoms with van der Waals surface area (Å²) in [5.41, 5.74) is 0.546. The molecule has 2 heterocycles. The highest BCUT2D eigenvalue weighted by molar-refractivity contribution is 7.93. The summed E-state index contributed by atoms with van der Waals surface area (Å²) in [6, 6.07) is 24.6. The molecule has 0 saturated heterocycles. The summed E-state index contributed by atoms with van der Waals surface area (Å²) in [6.07, 6.45) is 0.345. The smallest absolute Gasteiger partial charge is 0.413 e. The number of amides is 1. The van der Waals surface area contributed by atoms with Crippen molar-refractivity contribution in [2.24, 2.45) is 0 Å². The maximum absolute atomic E-state index is 14.3. The minimum atomic E-state index is -4.56. The highest BCUT2D eigenvalue weighted by atomic mass is 32.2. The molecule has 4 aromatic carbocycles. The molecule has 2 aromatic heterocycles. The maximum Gasteiger partial charge on any atom is 0.434 e. The number of para-hydroxylation sites is 2. The number of carbonyl (C=O) groups excluding carboxylic acids is 1. The molecule has 0 aliphatic carbocycles. The van der Waals surface area contributed by atoms with Gasteiger partial charge in [-0.3, -0.25) is 4.98 Å². The maximum atomic E-state index is 14.3. The number of benzene rings is 4. The second kappa shape index (κ2) is 8.84. The van der Waals surface area contributed by atoms with Crippen LogP contribution >= 0.6 is 11.3 Å². The Labute approximate surface area is 214 Å². The first-order valence-corrected chi connectivity index (χ1v) is 13.3. The van der Waals surface area contributed by atoms with Gasteiger partial charge in [-0.1, -0.05) is 72.0 Å². The Morgan fingerprint density at radius 2 is 1.62 bits per heavy atom. The Hall–Kier alpha value is -4.54. The lowest BCUT2D eigenvalue weighted by Crippen LogP contribution is -2.39. The van der Waals surface area contributed by atoms with E-state index in [0.717, 1.165) is 11.3 Å². The predicted molar refractivity (Wildman–Crippen MR) is 142 cm³/mol. The van der Waals surface area contributed by atoms with Gasteiger partial charge in [0.2, 0.25) is 0 Å². The van der Waals surface area contributed by atoms with Crippen LogP contribution in [0.4, 0.5) is 10.5 Å². The third-order valence-electron chi connectivity index (χ3n) is 5.76. The zero-order valence-corrected chi connectivity index (χ0v) is 20.5. The van der Waals surface area contributed by atoms with Crippen LogP contribution in [0.1, 0.15) is 0 Å². The number of nitrogens with zero attached hydrogens (tertiary/aromatic N) is 2. The van der Waals surface area contributed by atoms with Gasteiger partial charge in [0.15, 0.2) is 5.58 Å². The fourth-order valence-corrected chi connectivity index (χ4v) is 6.41. The number of sulfonamides is 1. The minimum Gasteiger partial charge on any atom is -0.413 e. The summed E-state index contributed by atoms with van der Waals surface area (Å²) in [6.45, 7) is 0. The van der Waals surface area contributed by atoms with Crippen LogP contribution in [0, 0.1) is 0 Å². The van der Waals surface area contributed by atoms with Crippen LogP contribution in [0.2, 0.25) is 0 Å². The average Bonchev–Trinajstić information content (AvgIpc) is 3.29. The molecule has 0 unspecified atom stereocenters. The molecular formula is C27H16N2O6S2. The van der Waals surface area contributed by atoms with E-state index in [-0.39, 0.29) is 21.8 Å². The molecule has 182 valence electrons. The summed E-state index contributed by atoms with van der Waals surface area (Å²) < 4.78 is 40.4. The van der Waals surface area contributed by atoms with Crippen molar-refractivity contribution < 1.29 is 22.4 Å². The first-order chi connectivity index (χ1) is 17.9. The van der Waals surface area contributed by atoms with E-state index in [2.05, 4.69) is 4.98 Å². The van der Waals surface area contributed by atoms with Crippen molar-refractivity contribution in [1.82, 2.24) is 4.98 Å². The number of fused-ring (bicyclic) bond motifs is 4. The van der Waals surface area contributed by atoms with Crippen LogP contribution in [0.5, 0.6) is 5.75 Å². The molecule has 6 rings (SSSR count). The lowest BCUT2D eigenvalue weighted by molar-refractivity contribution is 0.211. The Kier molecular flexibility index (Phi) is 5.47. The molecule has 0 bridgehead atoms. The number of pyridine rings is 1. The van der Waals surface area contributed by atoms with E-state index >= 15 is 0 Å². The highest BCUT2D eigenvalue weighted by Crippen LogP contribution is 2.38. The van der Waals surface area contributed by atoms with Crippen LogP contribution in [0.25, 0.3) is 32.0 Å². The molecule has 0 N–H and O–H groups in total. The standard InChI is InChI=1S/C27H16N2O6S2/c30-26(34-18-10-2-1-3-11-18)29(37(32,33)23-14-6-8-17-9-7-15-28-24(17)23)21-16-22-25(35-27(31)36-22)20-13-5-4-12-19(20)21/h1-16H. The Morgan fingerprint density at radius 3 is 2.43 bits per heavy atom. The summed E-state index contributed by atoms with van der Waals surface area (Å²) in [5, 5.41) is 1.46. The van der Waals surface area contributed by atoms with Gasteiger partial charge in [-0.15, -0.1) is 0 Å². The number of anilines is 1. The SMILES string of the molecule is O=C(Oc1ccccc1)N(c1cc2sc(=O)oc2c2ccccc12)S(=O)(=O)c1cccc2cccnc12. The predicted octanol–water partition coefficient (Wildman–Crippen LogP) is 5.95. The van der Waals surface area contributed by atoms with Gasteiger partial charge < -0.3 is 9.15 Å².